The van der Waals surface area contributed by atoms with Gasteiger partial charge in [0.2, 0.25) is 35.4 Å². The molecule has 0 aliphatic carbocycles. The number of rotatable bonds is 20. The van der Waals surface area contributed by atoms with Crippen molar-refractivity contribution in [3.05, 3.63) is 174 Å². The van der Waals surface area contributed by atoms with E-state index >= 15 is 9.59 Å². The Balaban J connectivity index is 0.00000109. The summed E-state index contributed by atoms with van der Waals surface area (Å²) in [5.41, 5.74) is 20.5. The number of ether oxygens (including phenoxy) is 2. The van der Waals surface area contributed by atoms with Crippen LogP contribution in [0.25, 0.3) is 10.9 Å². The maximum atomic E-state index is 15.3. The molecule has 86 heavy (non-hydrogen) atoms. The fraction of sp³-hybridized carbons (Fsp3) is 0.339. The minimum absolute atomic E-state index is 0.0385. The summed E-state index contributed by atoms with van der Waals surface area (Å²) >= 11 is 0. The maximum Gasteiger partial charge on any atom is 0.407 e. The highest BCUT2D eigenvalue weighted by molar-refractivity contribution is 5.99. The van der Waals surface area contributed by atoms with Gasteiger partial charge in [-0.2, -0.15) is 0 Å². The summed E-state index contributed by atoms with van der Waals surface area (Å²) in [5.74, 6) is -6.26. The van der Waals surface area contributed by atoms with Gasteiger partial charge in [0.1, 0.15) is 60.8 Å². The summed E-state index contributed by atoms with van der Waals surface area (Å²) in [7, 11) is 0. The van der Waals surface area contributed by atoms with Crippen LogP contribution < -0.4 is 53.8 Å². The topological polar surface area (TPSA) is 382 Å². The van der Waals surface area contributed by atoms with E-state index < -0.39 is 108 Å². The number of hydrogen-bond donors (Lipinski definition) is 12. The highest BCUT2D eigenvalue weighted by Crippen LogP contribution is 2.26. The second-order valence-corrected chi connectivity index (χ2v) is 20.8. The number of carbonyl (C=O) groups is 9. The molecule has 7 amide bonds. The zero-order chi connectivity index (χ0) is 61.5. The standard InChI is InChI=1S/C58H66N10O9.C4H7NO4/c59-27-13-12-22-46-52(69)64-47(30-38-23-25-42(26-24-38)76-36-39-16-6-2-7-17-39)53(70)66-49(31-37-14-4-1-5-15-37)57(74)68-35-43(77-58(75)61-29-28-60)33-50(68)55(72)67-51(40-18-8-3-9-19-40)56(73)65-48(54(71)63-46)32-41-34-62-45-21-11-10-20-44(41)45;5-2(4(8)9)1-3(6)7/h1-11,14-21,23-26,34,43,46-51,62H,12-13,22,27-33,35-36,59-60H2,(H,61,75)(H,63,71)(H,64,69)(H,65,73)(H,66,70)(H,67,72);2H,1,5H2,(H,6,7)(H,8,9)/t;2-/m.0/s1. The molecule has 2 fully saturated rings. The summed E-state index contributed by atoms with van der Waals surface area (Å²) in [6.45, 7) is 0.617. The molecule has 5 aromatic carbocycles. The summed E-state index contributed by atoms with van der Waals surface area (Å²) in [6.07, 6.45) is 0.119. The third-order valence-electron chi connectivity index (χ3n) is 14.4. The highest BCUT2D eigenvalue weighted by atomic mass is 16.6. The van der Waals surface area contributed by atoms with Gasteiger partial charge in [0.15, 0.2) is 0 Å². The number of carboxylic acids is 2. The van der Waals surface area contributed by atoms with Crippen molar-refractivity contribution < 1.29 is 62.8 Å². The van der Waals surface area contributed by atoms with Crippen molar-refractivity contribution in [2.45, 2.75) is 106 Å². The number of aromatic nitrogens is 1. The number of benzene rings is 5. The molecule has 7 unspecified atom stereocenters. The number of nitrogens with one attached hydrogen (secondary N) is 7. The van der Waals surface area contributed by atoms with Gasteiger partial charge in [-0.25, -0.2) is 4.79 Å². The maximum absolute atomic E-state index is 15.3. The normalized spacial score (nSPS) is 20.6. The molecule has 454 valence electrons. The molecular weight excluding hydrogens is 1110 g/mol. The van der Waals surface area contributed by atoms with Gasteiger partial charge in [-0.05, 0) is 71.8 Å². The lowest BCUT2D eigenvalue weighted by Gasteiger charge is -2.32. The van der Waals surface area contributed by atoms with E-state index in [-0.39, 0.29) is 51.7 Å². The zero-order valence-electron chi connectivity index (χ0n) is 47.2. The number of H-pyrrole nitrogens is 1. The number of amides is 7. The number of fused-ring (bicyclic) bond motifs is 2. The Labute approximate surface area is 496 Å². The first-order chi connectivity index (χ1) is 41.5. The van der Waals surface area contributed by atoms with Crippen molar-refractivity contribution >= 4 is 64.4 Å². The molecular formula is C62H73N11O13. The Hall–Kier alpha value is -9.65. The summed E-state index contributed by atoms with van der Waals surface area (Å²) < 4.78 is 11.8. The second-order valence-electron chi connectivity index (χ2n) is 20.8. The number of para-hydroxylation sites is 1. The van der Waals surface area contributed by atoms with E-state index in [1.54, 1.807) is 85.1 Å². The molecule has 0 saturated carbocycles. The Bertz CT molecular complexity index is 3260. The number of carboxylic acid groups (broad SMARTS) is 2. The van der Waals surface area contributed by atoms with Crippen molar-refractivity contribution in [2.24, 2.45) is 17.2 Å². The van der Waals surface area contributed by atoms with Gasteiger partial charge >= 0.3 is 18.0 Å². The number of hydrogen-bond acceptors (Lipinski definition) is 14. The number of alkyl carbamates (subject to hydrolysis) is 1. The van der Waals surface area contributed by atoms with Crippen LogP contribution in [-0.2, 0) is 69.0 Å². The minimum atomic E-state index is -1.42. The third-order valence-corrected chi connectivity index (χ3v) is 14.4. The summed E-state index contributed by atoms with van der Waals surface area (Å²) in [6, 6.07) is 32.3. The van der Waals surface area contributed by atoms with Crippen LogP contribution in [0, 0.1) is 0 Å². The van der Waals surface area contributed by atoms with E-state index in [1.807, 2.05) is 60.7 Å². The van der Waals surface area contributed by atoms with E-state index in [0.29, 0.717) is 54.0 Å². The molecule has 0 radical (unpaired) electrons. The van der Waals surface area contributed by atoms with Gasteiger partial charge < -0.3 is 78.7 Å². The quantitative estimate of drug-likeness (QED) is 0.0488. The molecule has 6 aromatic rings. The van der Waals surface area contributed by atoms with Crippen molar-refractivity contribution in [3.8, 4) is 5.75 Å². The van der Waals surface area contributed by atoms with Crippen LogP contribution in [0.1, 0.15) is 66.0 Å². The monoisotopic (exact) mass is 1180 g/mol. The lowest BCUT2D eigenvalue weighted by molar-refractivity contribution is -0.144. The van der Waals surface area contributed by atoms with Crippen molar-refractivity contribution in [1.29, 1.82) is 0 Å². The zero-order valence-corrected chi connectivity index (χ0v) is 47.2. The van der Waals surface area contributed by atoms with Crippen LogP contribution in [0.2, 0.25) is 0 Å². The van der Waals surface area contributed by atoms with Gasteiger partial charge in [-0.3, -0.25) is 38.4 Å². The molecule has 1 aromatic heterocycles. The first kappa shape index (κ1) is 63.9. The third kappa shape index (κ3) is 18.7. The summed E-state index contributed by atoms with van der Waals surface area (Å²) in [5, 5.41) is 33.9. The van der Waals surface area contributed by atoms with Gasteiger partial charge in [0.05, 0.1) is 13.0 Å². The number of nitrogens with zero attached hydrogens (tertiary/aromatic N) is 1. The van der Waals surface area contributed by atoms with Crippen molar-refractivity contribution in [1.82, 2.24) is 41.8 Å². The molecule has 3 heterocycles. The first-order valence-electron chi connectivity index (χ1n) is 28.3. The van der Waals surface area contributed by atoms with Crippen LogP contribution in [0.15, 0.2) is 146 Å². The predicted molar refractivity (Wildman–Crippen MR) is 316 cm³/mol. The first-order valence-corrected chi connectivity index (χ1v) is 28.3. The minimum Gasteiger partial charge on any atom is -0.489 e. The second kappa shape index (κ2) is 31.9. The van der Waals surface area contributed by atoms with Crippen molar-refractivity contribution in [3.63, 3.8) is 0 Å². The van der Waals surface area contributed by atoms with Gasteiger partial charge in [-0.15, -0.1) is 0 Å². The van der Waals surface area contributed by atoms with Crippen LogP contribution in [0.3, 0.4) is 0 Å². The SMILES string of the molecule is NCCCCC1NC(=O)C(Cc2c[nH]c3ccccc23)NC(=O)C(c2ccccc2)NC(=O)C2CC(OC(=O)NCCN)CN2C(=O)C(Cc2ccccc2)NC(=O)C(Cc2ccc(OCc3ccccc3)cc2)NC1=O.N[C@@H](CC(=O)O)C(=O)O. The van der Waals surface area contributed by atoms with Crippen LogP contribution >= 0.6 is 0 Å². The van der Waals surface area contributed by atoms with Crippen LogP contribution in [-0.4, -0.2) is 142 Å². The Kier molecular flexibility index (Phi) is 23.7. The highest BCUT2D eigenvalue weighted by Gasteiger charge is 2.45. The fourth-order valence-corrected chi connectivity index (χ4v) is 9.92. The van der Waals surface area contributed by atoms with Crippen LogP contribution in [0.5, 0.6) is 5.75 Å². The van der Waals surface area contributed by atoms with E-state index in [1.165, 1.54) is 4.90 Å². The number of carbonyl (C=O) groups excluding carboxylic acids is 7. The van der Waals surface area contributed by atoms with E-state index in [4.69, 9.17) is 36.9 Å². The molecule has 0 spiro atoms. The van der Waals surface area contributed by atoms with Crippen LogP contribution in [0.4, 0.5) is 4.79 Å². The van der Waals surface area contributed by atoms with Gasteiger partial charge in [-0.1, -0.05) is 121 Å². The molecule has 2 aliphatic heterocycles. The number of aliphatic carboxylic acids is 2. The van der Waals surface area contributed by atoms with E-state index in [2.05, 4.69) is 36.9 Å². The number of nitrogens with two attached hydrogens (primary N) is 3. The van der Waals surface area contributed by atoms with Gasteiger partial charge in [0.25, 0.3) is 0 Å². The Morgan fingerprint density at radius 3 is 1.83 bits per heavy atom. The van der Waals surface area contributed by atoms with Crippen molar-refractivity contribution in [2.75, 3.05) is 26.2 Å². The fourth-order valence-electron chi connectivity index (χ4n) is 9.92. The smallest absolute Gasteiger partial charge is 0.407 e. The average molecular weight is 1180 g/mol. The lowest BCUT2D eigenvalue weighted by Crippen LogP contribution is -2.61. The van der Waals surface area contributed by atoms with E-state index in [0.717, 1.165) is 16.5 Å². The molecule has 15 N–H and O–H groups in total. The molecule has 24 nitrogen and oxygen atoms in total. The lowest BCUT2D eigenvalue weighted by atomic mass is 9.99. The molecule has 24 heteroatoms. The average Bonchev–Trinajstić information content (AvgIpc) is 2.84. The predicted octanol–water partition coefficient (Wildman–Crippen LogP) is 2.24. The Morgan fingerprint density at radius 1 is 0.616 bits per heavy atom. The molecule has 0 bridgehead atoms. The summed E-state index contributed by atoms with van der Waals surface area (Å²) in [4.78, 5) is 127. The van der Waals surface area contributed by atoms with Gasteiger partial charge in [0, 0.05) is 55.9 Å². The Morgan fingerprint density at radius 2 is 1.19 bits per heavy atom. The number of unbranched alkanes of at least 4 members (excludes halogenated alkanes) is 1. The molecule has 2 saturated heterocycles. The number of aromatic amines is 1. The molecule has 8 rings (SSSR count). The largest absolute Gasteiger partial charge is 0.489 e. The molecule has 8 atom stereocenters. The van der Waals surface area contributed by atoms with E-state index in [9.17, 15) is 33.6 Å². The molecule has 2 aliphatic rings.